The highest BCUT2D eigenvalue weighted by Gasteiger charge is 2.20. The molecule has 0 aliphatic carbocycles. The van der Waals surface area contributed by atoms with E-state index in [4.69, 9.17) is 4.99 Å². The highest BCUT2D eigenvalue weighted by atomic mass is 32.1. The quantitative estimate of drug-likeness (QED) is 0.188. The van der Waals surface area contributed by atoms with E-state index in [1.165, 1.54) is 64.7 Å². The standard InChI is InChI=1S/C43H31NS/c1-29-36(32-14-7-3-8-15-32)26-27-39(44-43(29)34-16-9-4-10-17-34)35-24-25-38-41(28-35)45-40-19-11-18-37(42(38)40)33-22-20-31(21-23-33)30-12-5-2-6-13-30/h2-28,39H,1H3/t39-/m0/s1. The highest BCUT2D eigenvalue weighted by molar-refractivity contribution is 7.26. The van der Waals surface area contributed by atoms with Gasteiger partial charge in [0.25, 0.3) is 0 Å². The van der Waals surface area contributed by atoms with Crippen LogP contribution in [0, 0.1) is 0 Å². The molecule has 1 aromatic heterocycles. The fourth-order valence-corrected chi connectivity index (χ4v) is 7.64. The second-order valence-corrected chi connectivity index (χ2v) is 12.6. The summed E-state index contributed by atoms with van der Waals surface area (Å²) in [4.78, 5) is 5.41. The Bertz CT molecular complexity index is 2240. The van der Waals surface area contributed by atoms with Crippen molar-refractivity contribution in [3.8, 4) is 22.3 Å². The molecule has 0 saturated heterocycles. The number of rotatable bonds is 5. The summed E-state index contributed by atoms with van der Waals surface area (Å²) in [5.74, 6) is 0. The van der Waals surface area contributed by atoms with Crippen molar-refractivity contribution in [3.63, 3.8) is 0 Å². The van der Waals surface area contributed by atoms with Crippen molar-refractivity contribution < 1.29 is 0 Å². The zero-order valence-electron chi connectivity index (χ0n) is 25.0. The van der Waals surface area contributed by atoms with Crippen molar-refractivity contribution in [1.82, 2.24) is 0 Å². The highest BCUT2D eigenvalue weighted by Crippen LogP contribution is 2.42. The molecule has 0 spiro atoms. The minimum Gasteiger partial charge on any atom is -0.272 e. The molecule has 45 heavy (non-hydrogen) atoms. The molecule has 0 amide bonds. The third kappa shape index (κ3) is 5.14. The average Bonchev–Trinajstić information content (AvgIpc) is 3.39. The van der Waals surface area contributed by atoms with Crippen LogP contribution < -0.4 is 0 Å². The van der Waals surface area contributed by atoms with E-state index in [0.717, 1.165) is 11.3 Å². The number of nitrogens with zero attached hydrogens (tertiary/aromatic N) is 1. The summed E-state index contributed by atoms with van der Waals surface area (Å²) in [6.45, 7) is 2.20. The number of aliphatic imine (C=N–C) groups is 1. The van der Waals surface area contributed by atoms with Crippen LogP contribution in [0.3, 0.4) is 0 Å². The Hall–Kier alpha value is -5.31. The largest absolute Gasteiger partial charge is 0.272 e. The number of fused-ring (bicyclic) bond motifs is 3. The first-order valence-corrected chi connectivity index (χ1v) is 16.2. The molecule has 0 bridgehead atoms. The van der Waals surface area contributed by atoms with Gasteiger partial charge in [-0.2, -0.15) is 0 Å². The molecule has 2 heteroatoms. The Kier molecular flexibility index (Phi) is 7.05. The van der Waals surface area contributed by atoms with Gasteiger partial charge in [-0.3, -0.25) is 4.99 Å². The number of hydrogen-bond acceptors (Lipinski definition) is 2. The molecule has 1 nitrogen and oxygen atoms in total. The van der Waals surface area contributed by atoms with Crippen LogP contribution in [0.25, 0.3) is 48.0 Å². The zero-order valence-corrected chi connectivity index (χ0v) is 25.8. The molecule has 1 aliphatic rings. The van der Waals surface area contributed by atoms with Gasteiger partial charge in [0, 0.05) is 20.2 Å². The van der Waals surface area contributed by atoms with E-state index in [9.17, 15) is 0 Å². The van der Waals surface area contributed by atoms with Gasteiger partial charge in [-0.05, 0) is 69.1 Å². The lowest BCUT2D eigenvalue weighted by Crippen LogP contribution is -2.06. The monoisotopic (exact) mass is 593 g/mol. The second kappa shape index (κ2) is 11.6. The Balaban J connectivity index is 1.21. The van der Waals surface area contributed by atoms with Crippen molar-refractivity contribution in [3.05, 3.63) is 186 Å². The van der Waals surface area contributed by atoms with E-state index in [1.54, 1.807) is 0 Å². The Morgan fingerprint density at radius 2 is 1.16 bits per heavy atom. The summed E-state index contributed by atoms with van der Waals surface area (Å²) in [6, 6.07) is 54.3. The normalized spacial score (nSPS) is 15.0. The molecule has 1 atom stereocenters. The van der Waals surface area contributed by atoms with Gasteiger partial charge in [-0.15, -0.1) is 11.3 Å². The molecular formula is C43H31NS. The van der Waals surface area contributed by atoms with Crippen LogP contribution in [0.1, 0.15) is 29.7 Å². The predicted octanol–water partition coefficient (Wildman–Crippen LogP) is 12.0. The van der Waals surface area contributed by atoms with E-state index in [-0.39, 0.29) is 6.04 Å². The van der Waals surface area contributed by atoms with Crippen molar-refractivity contribution in [2.45, 2.75) is 13.0 Å². The first-order valence-electron chi connectivity index (χ1n) is 15.4. The molecule has 0 N–H and O–H groups in total. The molecule has 6 aromatic carbocycles. The lowest BCUT2D eigenvalue weighted by molar-refractivity contribution is 0.918. The molecule has 2 heterocycles. The molecule has 0 radical (unpaired) electrons. The Morgan fingerprint density at radius 1 is 0.533 bits per heavy atom. The van der Waals surface area contributed by atoms with Gasteiger partial charge in [0.1, 0.15) is 0 Å². The molecular weight excluding hydrogens is 563 g/mol. The lowest BCUT2D eigenvalue weighted by atomic mass is 9.94. The number of hydrogen-bond donors (Lipinski definition) is 0. The Labute approximate surface area is 268 Å². The smallest absolute Gasteiger partial charge is 0.0941 e. The van der Waals surface area contributed by atoms with Gasteiger partial charge < -0.3 is 0 Å². The number of thiophene rings is 1. The summed E-state index contributed by atoms with van der Waals surface area (Å²) in [5, 5.41) is 2.62. The van der Waals surface area contributed by atoms with Crippen molar-refractivity contribution >= 4 is 42.8 Å². The van der Waals surface area contributed by atoms with Crippen LogP contribution in [-0.2, 0) is 0 Å². The maximum Gasteiger partial charge on any atom is 0.0941 e. The molecule has 0 fully saturated rings. The van der Waals surface area contributed by atoms with Crippen LogP contribution in [0.5, 0.6) is 0 Å². The van der Waals surface area contributed by atoms with Gasteiger partial charge in [0.2, 0.25) is 0 Å². The van der Waals surface area contributed by atoms with E-state index in [1.807, 2.05) is 11.3 Å². The van der Waals surface area contributed by atoms with Crippen molar-refractivity contribution in [1.29, 1.82) is 0 Å². The van der Waals surface area contributed by atoms with E-state index >= 15 is 0 Å². The average molecular weight is 594 g/mol. The van der Waals surface area contributed by atoms with E-state index in [2.05, 4.69) is 171 Å². The summed E-state index contributed by atoms with van der Waals surface area (Å²) in [6.07, 6.45) is 4.52. The number of allylic oxidation sites excluding steroid dienone is 3. The summed E-state index contributed by atoms with van der Waals surface area (Å²) < 4.78 is 2.60. The number of benzene rings is 6. The summed E-state index contributed by atoms with van der Waals surface area (Å²) >= 11 is 1.87. The van der Waals surface area contributed by atoms with E-state index < -0.39 is 0 Å². The lowest BCUT2D eigenvalue weighted by Gasteiger charge is -2.13. The maximum absolute atomic E-state index is 5.41. The fraction of sp³-hybridized carbons (Fsp3) is 0.0465. The van der Waals surface area contributed by atoms with Gasteiger partial charge in [-0.25, -0.2) is 0 Å². The molecule has 214 valence electrons. The minimum absolute atomic E-state index is 0.0871. The van der Waals surface area contributed by atoms with Crippen LogP contribution in [-0.4, -0.2) is 5.71 Å². The molecule has 1 aliphatic heterocycles. The fourth-order valence-electron chi connectivity index (χ4n) is 6.46. The maximum atomic E-state index is 5.41. The van der Waals surface area contributed by atoms with Gasteiger partial charge >= 0.3 is 0 Å². The second-order valence-electron chi connectivity index (χ2n) is 11.5. The first kappa shape index (κ1) is 27.3. The third-order valence-electron chi connectivity index (χ3n) is 8.77. The molecule has 0 saturated carbocycles. The van der Waals surface area contributed by atoms with Crippen LogP contribution in [0.2, 0.25) is 0 Å². The molecule has 8 rings (SSSR count). The van der Waals surface area contributed by atoms with Crippen molar-refractivity contribution in [2.24, 2.45) is 4.99 Å². The third-order valence-corrected chi connectivity index (χ3v) is 9.89. The van der Waals surface area contributed by atoms with Crippen LogP contribution in [0.4, 0.5) is 0 Å². The topological polar surface area (TPSA) is 12.4 Å². The van der Waals surface area contributed by atoms with E-state index in [0.29, 0.717) is 0 Å². The summed E-state index contributed by atoms with van der Waals surface area (Å²) in [7, 11) is 0. The van der Waals surface area contributed by atoms with Crippen molar-refractivity contribution in [2.75, 3.05) is 0 Å². The van der Waals surface area contributed by atoms with Crippen LogP contribution >= 0.6 is 11.3 Å². The predicted molar refractivity (Wildman–Crippen MR) is 194 cm³/mol. The molecule has 0 unspecified atom stereocenters. The van der Waals surface area contributed by atoms with Crippen LogP contribution in [0.15, 0.2) is 174 Å². The van der Waals surface area contributed by atoms with Gasteiger partial charge in [-0.1, -0.05) is 152 Å². The van der Waals surface area contributed by atoms with Gasteiger partial charge in [0.15, 0.2) is 0 Å². The molecule has 7 aromatic rings. The zero-order chi connectivity index (χ0) is 30.2. The minimum atomic E-state index is -0.0871. The first-order chi connectivity index (χ1) is 22.2. The SMILES string of the molecule is CC1=C(c2ccccc2)C=C[C@@H](c2ccc3c(c2)sc2cccc(-c4ccc(-c5ccccc5)cc4)c23)N=C1c1ccccc1. The Morgan fingerprint density at radius 3 is 1.87 bits per heavy atom. The van der Waals surface area contributed by atoms with Gasteiger partial charge in [0.05, 0.1) is 11.8 Å². The summed E-state index contributed by atoms with van der Waals surface area (Å²) in [5.41, 5.74) is 12.0.